The smallest absolute Gasteiger partial charge is 0.169 e. The summed E-state index contributed by atoms with van der Waals surface area (Å²) in [5.74, 6) is 2.45. The van der Waals surface area contributed by atoms with Gasteiger partial charge in [-0.25, -0.2) is 0 Å². The van der Waals surface area contributed by atoms with Crippen molar-refractivity contribution in [2.45, 2.75) is 18.7 Å². The summed E-state index contributed by atoms with van der Waals surface area (Å²) < 4.78 is 0. The van der Waals surface area contributed by atoms with Crippen molar-refractivity contribution in [2.75, 3.05) is 11.1 Å². The van der Waals surface area contributed by atoms with Gasteiger partial charge in [0, 0.05) is 16.0 Å². The maximum atomic E-state index is 5.47. The highest BCUT2D eigenvalue weighted by atomic mass is 32.2. The highest BCUT2D eigenvalue weighted by Gasteiger charge is 2.07. The van der Waals surface area contributed by atoms with E-state index in [1.54, 1.807) is 0 Å². The Morgan fingerprint density at radius 3 is 3.00 bits per heavy atom. The van der Waals surface area contributed by atoms with Crippen LogP contribution in [-0.4, -0.2) is 21.1 Å². The Labute approximate surface area is 116 Å². The van der Waals surface area contributed by atoms with E-state index in [2.05, 4.69) is 41.5 Å². The van der Waals surface area contributed by atoms with E-state index < -0.39 is 0 Å². The summed E-state index contributed by atoms with van der Waals surface area (Å²) in [4.78, 5) is 1.23. The van der Waals surface area contributed by atoms with Crippen LogP contribution in [0.15, 0.2) is 23.1 Å². The molecule has 0 atom stereocenters. The summed E-state index contributed by atoms with van der Waals surface area (Å²) in [6.45, 7) is 4.42. The maximum absolute atomic E-state index is 5.47. The van der Waals surface area contributed by atoms with Crippen molar-refractivity contribution < 1.29 is 0 Å². The van der Waals surface area contributed by atoms with Crippen LogP contribution in [0.4, 0.5) is 5.82 Å². The average molecular weight is 280 g/mol. The van der Waals surface area contributed by atoms with Gasteiger partial charge < -0.3 is 11.1 Å². The van der Waals surface area contributed by atoms with Crippen LogP contribution in [0.5, 0.6) is 0 Å². The zero-order valence-electron chi connectivity index (χ0n) is 10.4. The highest BCUT2D eigenvalue weighted by Crippen LogP contribution is 2.27. The van der Waals surface area contributed by atoms with Gasteiger partial charge in [0.25, 0.3) is 0 Å². The van der Waals surface area contributed by atoms with E-state index >= 15 is 0 Å². The monoisotopic (exact) mass is 280 g/mol. The molecule has 1 aromatic carbocycles. The van der Waals surface area contributed by atoms with E-state index in [1.807, 2.05) is 17.8 Å². The van der Waals surface area contributed by atoms with Gasteiger partial charge in [0.15, 0.2) is 10.9 Å². The molecule has 4 nitrogen and oxygen atoms in total. The first-order valence-electron chi connectivity index (χ1n) is 5.73. The number of fused-ring (bicyclic) bond motifs is 1. The lowest BCUT2D eigenvalue weighted by atomic mass is 10.2. The molecule has 4 N–H and O–H groups in total. The van der Waals surface area contributed by atoms with Gasteiger partial charge in [0.2, 0.25) is 0 Å². The molecule has 96 valence electrons. The fourth-order valence-corrected chi connectivity index (χ4v) is 2.55. The molecule has 1 aromatic heterocycles. The van der Waals surface area contributed by atoms with Crippen LogP contribution in [0.3, 0.4) is 0 Å². The highest BCUT2D eigenvalue weighted by molar-refractivity contribution is 7.99. The topological polar surface area (TPSA) is 66.7 Å². The standard InChI is InChI=1S/C12H16N4S2/c1-7(2)6-18-8-3-4-10-9(5-8)11(16-15-10)14-12(13)17/h3-5,7H,6H2,1-2H3,(H4,13,14,15,16,17). The van der Waals surface area contributed by atoms with E-state index in [-0.39, 0.29) is 5.11 Å². The zero-order chi connectivity index (χ0) is 13.1. The lowest BCUT2D eigenvalue weighted by Gasteiger charge is -2.05. The van der Waals surface area contributed by atoms with Crippen molar-refractivity contribution in [1.29, 1.82) is 0 Å². The SMILES string of the molecule is CC(C)CSc1ccc2[nH]nc(NC(N)=S)c2c1. The lowest BCUT2D eigenvalue weighted by Crippen LogP contribution is -2.19. The molecule has 0 aliphatic heterocycles. The largest absolute Gasteiger partial charge is 0.376 e. The lowest BCUT2D eigenvalue weighted by molar-refractivity contribution is 0.750. The van der Waals surface area contributed by atoms with Crippen LogP contribution in [0, 0.1) is 5.92 Å². The molecule has 0 saturated heterocycles. The quantitative estimate of drug-likeness (QED) is 0.593. The molecule has 2 aromatic rings. The Morgan fingerprint density at radius 2 is 2.33 bits per heavy atom. The van der Waals surface area contributed by atoms with Crippen molar-refractivity contribution in [1.82, 2.24) is 10.2 Å². The van der Waals surface area contributed by atoms with Crippen molar-refractivity contribution in [3.63, 3.8) is 0 Å². The van der Waals surface area contributed by atoms with Gasteiger partial charge in [-0.1, -0.05) is 13.8 Å². The number of hydrogen-bond acceptors (Lipinski definition) is 3. The minimum atomic E-state index is 0.226. The number of anilines is 1. The van der Waals surface area contributed by atoms with E-state index in [1.165, 1.54) is 4.90 Å². The summed E-state index contributed by atoms with van der Waals surface area (Å²) >= 11 is 6.67. The molecular weight excluding hydrogens is 264 g/mol. The molecule has 0 spiro atoms. The van der Waals surface area contributed by atoms with Crippen LogP contribution >= 0.6 is 24.0 Å². The van der Waals surface area contributed by atoms with Gasteiger partial charge >= 0.3 is 0 Å². The number of H-pyrrole nitrogens is 1. The molecule has 18 heavy (non-hydrogen) atoms. The molecule has 0 bridgehead atoms. The minimum absolute atomic E-state index is 0.226. The fourth-order valence-electron chi connectivity index (χ4n) is 1.56. The normalized spacial score (nSPS) is 11.1. The molecule has 6 heteroatoms. The van der Waals surface area contributed by atoms with E-state index in [9.17, 15) is 0 Å². The Morgan fingerprint density at radius 1 is 1.56 bits per heavy atom. The summed E-state index contributed by atoms with van der Waals surface area (Å²) in [6, 6.07) is 6.22. The van der Waals surface area contributed by atoms with Crippen molar-refractivity contribution in [3.05, 3.63) is 18.2 Å². The fraction of sp³-hybridized carbons (Fsp3) is 0.333. The molecule has 2 rings (SSSR count). The predicted molar refractivity (Wildman–Crippen MR) is 82.1 cm³/mol. The van der Waals surface area contributed by atoms with Gasteiger partial charge in [-0.15, -0.1) is 11.8 Å². The molecular formula is C12H16N4S2. The first-order valence-corrected chi connectivity index (χ1v) is 7.13. The third-order valence-corrected chi connectivity index (χ3v) is 3.88. The molecule has 1 heterocycles. The van der Waals surface area contributed by atoms with Gasteiger partial charge in [-0.2, -0.15) is 5.10 Å². The molecule has 0 aliphatic carbocycles. The Kier molecular flexibility index (Phi) is 4.08. The molecule has 0 aliphatic rings. The molecule has 0 amide bonds. The second-order valence-electron chi connectivity index (χ2n) is 4.47. The molecule has 0 saturated carbocycles. The van der Waals surface area contributed by atoms with Crippen LogP contribution in [0.2, 0.25) is 0 Å². The molecule has 0 radical (unpaired) electrons. The maximum Gasteiger partial charge on any atom is 0.169 e. The van der Waals surface area contributed by atoms with E-state index in [4.69, 9.17) is 18.0 Å². The Bertz CT molecular complexity index is 562. The Balaban J connectivity index is 2.27. The number of nitrogens with two attached hydrogens (primary N) is 1. The summed E-state index contributed by atoms with van der Waals surface area (Å²) in [6.07, 6.45) is 0. The van der Waals surface area contributed by atoms with Crippen LogP contribution in [-0.2, 0) is 0 Å². The van der Waals surface area contributed by atoms with Crippen molar-refractivity contribution in [3.8, 4) is 0 Å². The van der Waals surface area contributed by atoms with Gasteiger partial charge in [-0.05, 0) is 36.3 Å². The Hall–Kier alpha value is -1.27. The van der Waals surface area contributed by atoms with Gasteiger partial charge in [0.1, 0.15) is 0 Å². The number of aromatic nitrogens is 2. The van der Waals surface area contributed by atoms with Crippen molar-refractivity contribution in [2.24, 2.45) is 11.7 Å². The van der Waals surface area contributed by atoms with Crippen LogP contribution in [0.1, 0.15) is 13.8 Å². The van der Waals surface area contributed by atoms with Crippen molar-refractivity contribution >= 4 is 45.8 Å². The third kappa shape index (κ3) is 3.14. The third-order valence-electron chi connectivity index (χ3n) is 2.36. The second kappa shape index (κ2) is 5.58. The number of nitrogens with zero attached hydrogens (tertiary/aromatic N) is 1. The first kappa shape index (κ1) is 13.2. The second-order valence-corrected chi connectivity index (χ2v) is 6.01. The number of aromatic amines is 1. The summed E-state index contributed by atoms with van der Waals surface area (Å²) in [5, 5.41) is 11.2. The number of hydrogen-bond donors (Lipinski definition) is 3. The minimum Gasteiger partial charge on any atom is -0.376 e. The number of thioether (sulfide) groups is 1. The van der Waals surface area contributed by atoms with Crippen LogP contribution < -0.4 is 11.1 Å². The number of thiocarbonyl (C=S) groups is 1. The number of rotatable bonds is 4. The summed E-state index contributed by atoms with van der Waals surface area (Å²) in [7, 11) is 0. The predicted octanol–water partition coefficient (Wildman–Crippen LogP) is 2.97. The summed E-state index contributed by atoms with van der Waals surface area (Å²) in [5.41, 5.74) is 6.45. The number of nitrogens with one attached hydrogen (secondary N) is 2. The van der Waals surface area contributed by atoms with Crippen LogP contribution in [0.25, 0.3) is 10.9 Å². The zero-order valence-corrected chi connectivity index (χ0v) is 12.0. The average Bonchev–Trinajstić information content (AvgIpc) is 2.68. The van der Waals surface area contributed by atoms with E-state index in [0.717, 1.165) is 16.7 Å². The number of benzene rings is 1. The van der Waals surface area contributed by atoms with Gasteiger partial charge in [-0.3, -0.25) is 5.10 Å². The molecule has 0 unspecified atom stereocenters. The molecule has 0 fully saturated rings. The van der Waals surface area contributed by atoms with Gasteiger partial charge in [0.05, 0.1) is 5.52 Å². The van der Waals surface area contributed by atoms with E-state index in [0.29, 0.717) is 11.7 Å². The first-order chi connectivity index (χ1) is 8.56.